The van der Waals surface area contributed by atoms with Crippen LogP contribution in [0.15, 0.2) is 261 Å². The SMILES string of the molecule is c1ccc(-c2ccc(-c3ccc(N(c4ccc(-c5ccc(-c6ccccc6)cc5)cc4)c4ccc(C5(c6ccccc6)c6ccccc6-c6ccccc65)cc4)cc3)cc2)cc1. The van der Waals surface area contributed by atoms with Crippen molar-refractivity contribution in [3.8, 4) is 55.6 Å². The Hall–Kier alpha value is -8.00. The monoisotopic (exact) mass is 789 g/mol. The molecule has 0 heterocycles. The van der Waals surface area contributed by atoms with Crippen molar-refractivity contribution >= 4 is 17.1 Å². The summed E-state index contributed by atoms with van der Waals surface area (Å²) in [7, 11) is 0. The maximum atomic E-state index is 2.38. The second-order valence-electron chi connectivity index (χ2n) is 16.1. The van der Waals surface area contributed by atoms with E-state index < -0.39 is 5.41 Å². The number of hydrogen-bond donors (Lipinski definition) is 0. The van der Waals surface area contributed by atoms with E-state index in [1.165, 1.54) is 77.9 Å². The summed E-state index contributed by atoms with van der Waals surface area (Å²) in [6, 6.07) is 95.0. The highest BCUT2D eigenvalue weighted by molar-refractivity contribution is 5.87. The van der Waals surface area contributed by atoms with Crippen LogP contribution < -0.4 is 4.90 Å². The van der Waals surface area contributed by atoms with Crippen LogP contribution in [0.3, 0.4) is 0 Å². The lowest BCUT2D eigenvalue weighted by atomic mass is 9.68. The molecule has 0 N–H and O–H groups in total. The van der Waals surface area contributed by atoms with Gasteiger partial charge in [0.1, 0.15) is 0 Å². The number of anilines is 3. The van der Waals surface area contributed by atoms with Crippen molar-refractivity contribution in [1.29, 1.82) is 0 Å². The summed E-state index contributed by atoms with van der Waals surface area (Å²) in [6.45, 7) is 0. The molecule has 0 amide bonds. The minimum Gasteiger partial charge on any atom is -0.311 e. The van der Waals surface area contributed by atoms with Crippen molar-refractivity contribution in [3.05, 3.63) is 283 Å². The molecule has 0 radical (unpaired) electrons. The highest BCUT2D eigenvalue weighted by Crippen LogP contribution is 2.56. The van der Waals surface area contributed by atoms with E-state index in [4.69, 9.17) is 0 Å². The molecule has 0 aliphatic heterocycles. The van der Waals surface area contributed by atoms with E-state index in [2.05, 4.69) is 266 Å². The van der Waals surface area contributed by atoms with Crippen molar-refractivity contribution < 1.29 is 0 Å². The quantitative estimate of drug-likeness (QED) is 0.141. The van der Waals surface area contributed by atoms with Crippen LogP contribution in [0.4, 0.5) is 17.1 Å². The van der Waals surface area contributed by atoms with E-state index in [0.717, 1.165) is 17.1 Å². The summed E-state index contributed by atoms with van der Waals surface area (Å²) in [6.07, 6.45) is 0. The van der Waals surface area contributed by atoms with Crippen LogP contribution in [0.25, 0.3) is 55.6 Å². The lowest BCUT2D eigenvalue weighted by Gasteiger charge is -2.34. The molecule has 0 unspecified atom stereocenters. The van der Waals surface area contributed by atoms with Gasteiger partial charge in [0.15, 0.2) is 0 Å². The molecule has 292 valence electrons. The van der Waals surface area contributed by atoms with Crippen LogP contribution in [0, 0.1) is 0 Å². The summed E-state index contributed by atoms with van der Waals surface area (Å²) in [5.41, 5.74) is 20.2. The summed E-state index contributed by atoms with van der Waals surface area (Å²) >= 11 is 0. The number of fused-ring (bicyclic) bond motifs is 3. The molecule has 1 nitrogen and oxygen atoms in total. The van der Waals surface area contributed by atoms with E-state index in [1.807, 2.05) is 0 Å². The third kappa shape index (κ3) is 6.52. The molecule has 0 aromatic heterocycles. The van der Waals surface area contributed by atoms with Gasteiger partial charge in [-0.15, -0.1) is 0 Å². The van der Waals surface area contributed by atoms with Gasteiger partial charge in [-0.1, -0.05) is 224 Å². The van der Waals surface area contributed by atoms with Crippen LogP contribution in [0.5, 0.6) is 0 Å². The Morgan fingerprint density at radius 2 is 0.468 bits per heavy atom. The highest BCUT2D eigenvalue weighted by atomic mass is 15.1. The van der Waals surface area contributed by atoms with Gasteiger partial charge in [-0.3, -0.25) is 0 Å². The normalized spacial score (nSPS) is 12.3. The van der Waals surface area contributed by atoms with Gasteiger partial charge in [-0.2, -0.15) is 0 Å². The van der Waals surface area contributed by atoms with Crippen LogP contribution in [0.1, 0.15) is 22.3 Å². The molecule has 10 aromatic rings. The molecular weight excluding hydrogens is 747 g/mol. The minimum absolute atomic E-state index is 0.451. The van der Waals surface area contributed by atoms with E-state index in [9.17, 15) is 0 Å². The molecule has 10 aromatic carbocycles. The van der Waals surface area contributed by atoms with E-state index in [1.54, 1.807) is 0 Å². The van der Waals surface area contributed by atoms with Crippen LogP contribution in [0.2, 0.25) is 0 Å². The number of nitrogens with zero attached hydrogens (tertiary/aromatic N) is 1. The fourth-order valence-electron chi connectivity index (χ4n) is 9.60. The molecule has 0 spiro atoms. The Balaban J connectivity index is 0.985. The van der Waals surface area contributed by atoms with Crippen LogP contribution in [-0.2, 0) is 5.41 Å². The van der Waals surface area contributed by atoms with Crippen molar-refractivity contribution in [2.24, 2.45) is 0 Å². The summed E-state index contributed by atoms with van der Waals surface area (Å²) in [5.74, 6) is 0. The highest BCUT2D eigenvalue weighted by Gasteiger charge is 2.45. The number of benzene rings is 10. The maximum Gasteiger partial charge on any atom is 0.0713 e. The Bertz CT molecular complexity index is 2930. The van der Waals surface area contributed by atoms with E-state index in [0.29, 0.717) is 0 Å². The first-order valence-electron chi connectivity index (χ1n) is 21.4. The van der Waals surface area contributed by atoms with Crippen LogP contribution >= 0.6 is 0 Å². The van der Waals surface area contributed by atoms with Gasteiger partial charge in [-0.25, -0.2) is 0 Å². The van der Waals surface area contributed by atoms with Gasteiger partial charge in [0.25, 0.3) is 0 Å². The average Bonchev–Trinajstić information content (AvgIpc) is 3.67. The van der Waals surface area contributed by atoms with Gasteiger partial charge in [0, 0.05) is 17.1 Å². The molecule has 0 saturated carbocycles. The molecule has 0 bridgehead atoms. The van der Waals surface area contributed by atoms with Gasteiger partial charge in [0.2, 0.25) is 0 Å². The first kappa shape index (κ1) is 37.0. The summed E-state index contributed by atoms with van der Waals surface area (Å²) in [5, 5.41) is 0. The first-order valence-corrected chi connectivity index (χ1v) is 21.4. The largest absolute Gasteiger partial charge is 0.311 e. The Morgan fingerprint density at radius 1 is 0.210 bits per heavy atom. The average molecular weight is 790 g/mol. The fourth-order valence-corrected chi connectivity index (χ4v) is 9.60. The Labute approximate surface area is 364 Å². The molecule has 0 atom stereocenters. The zero-order valence-corrected chi connectivity index (χ0v) is 34.3. The molecule has 0 saturated heterocycles. The fraction of sp³-hybridized carbons (Fsp3) is 0.0164. The molecule has 1 aliphatic carbocycles. The minimum atomic E-state index is -0.451. The van der Waals surface area contributed by atoms with Crippen LogP contribution in [-0.4, -0.2) is 0 Å². The molecule has 1 aliphatic rings. The second-order valence-corrected chi connectivity index (χ2v) is 16.1. The van der Waals surface area contributed by atoms with Gasteiger partial charge in [0.05, 0.1) is 5.41 Å². The molecule has 11 rings (SSSR count). The van der Waals surface area contributed by atoms with E-state index >= 15 is 0 Å². The number of hydrogen-bond acceptors (Lipinski definition) is 1. The van der Waals surface area contributed by atoms with Crippen molar-refractivity contribution in [2.75, 3.05) is 4.90 Å². The first-order chi connectivity index (χ1) is 30.7. The van der Waals surface area contributed by atoms with Crippen molar-refractivity contribution in [1.82, 2.24) is 0 Å². The van der Waals surface area contributed by atoms with Gasteiger partial charge < -0.3 is 4.90 Å². The lowest BCUT2D eigenvalue weighted by molar-refractivity contribution is 0.768. The Morgan fingerprint density at radius 3 is 0.839 bits per heavy atom. The molecular formula is C61H43N. The zero-order valence-electron chi connectivity index (χ0n) is 34.3. The second kappa shape index (κ2) is 15.9. The molecule has 0 fully saturated rings. The lowest BCUT2D eigenvalue weighted by Crippen LogP contribution is -2.28. The third-order valence-electron chi connectivity index (χ3n) is 12.6. The molecule has 1 heteroatoms. The molecule has 62 heavy (non-hydrogen) atoms. The summed E-state index contributed by atoms with van der Waals surface area (Å²) in [4.78, 5) is 2.38. The summed E-state index contributed by atoms with van der Waals surface area (Å²) < 4.78 is 0. The topological polar surface area (TPSA) is 3.24 Å². The van der Waals surface area contributed by atoms with Gasteiger partial charge in [-0.05, 0) is 114 Å². The third-order valence-corrected chi connectivity index (χ3v) is 12.6. The smallest absolute Gasteiger partial charge is 0.0713 e. The van der Waals surface area contributed by atoms with Crippen molar-refractivity contribution in [2.45, 2.75) is 5.41 Å². The Kier molecular flexibility index (Phi) is 9.48. The zero-order chi connectivity index (χ0) is 41.3. The van der Waals surface area contributed by atoms with E-state index in [-0.39, 0.29) is 0 Å². The number of rotatable bonds is 9. The maximum absolute atomic E-state index is 2.38. The predicted molar refractivity (Wildman–Crippen MR) is 260 cm³/mol. The standard InChI is InChI=1S/C61H43N/c1-4-14-44(15-5-1)46-24-28-48(29-25-46)50-32-38-54(39-33-50)62(55-40-34-51(35-41-55)49-30-26-47(27-31-49)45-16-6-2-7-17-45)56-42-36-53(37-43-56)61(52-18-8-3-9-19-52)59-22-12-10-20-57(59)58-21-11-13-23-60(58)61/h1-43H. The van der Waals surface area contributed by atoms with Gasteiger partial charge >= 0.3 is 0 Å². The van der Waals surface area contributed by atoms with Crippen molar-refractivity contribution in [3.63, 3.8) is 0 Å². The predicted octanol–water partition coefficient (Wildman–Crippen LogP) is 16.2.